The van der Waals surface area contributed by atoms with E-state index < -0.39 is 0 Å². The van der Waals surface area contributed by atoms with Gasteiger partial charge in [-0.2, -0.15) is 0 Å². The minimum atomic E-state index is 0. The average Bonchev–Trinajstić information content (AvgIpc) is 3.16. The van der Waals surface area contributed by atoms with Gasteiger partial charge in [0.15, 0.2) is 5.96 Å². The van der Waals surface area contributed by atoms with Crippen molar-refractivity contribution in [3.63, 3.8) is 0 Å². The van der Waals surface area contributed by atoms with Gasteiger partial charge >= 0.3 is 0 Å². The van der Waals surface area contributed by atoms with Crippen molar-refractivity contribution in [1.82, 2.24) is 10.6 Å². The Balaban J connectivity index is 0.00000144. The molecule has 2 rings (SSSR count). The van der Waals surface area contributed by atoms with Crippen LogP contribution in [-0.2, 0) is 4.74 Å². The van der Waals surface area contributed by atoms with Crippen LogP contribution in [0.5, 0.6) is 0 Å². The SMILES string of the molecule is CN=C(NCCOC)NCC1(C2CC2)CC1.I. The molecule has 0 atom stereocenters. The van der Waals surface area contributed by atoms with E-state index in [1.807, 2.05) is 7.05 Å². The molecule has 4 nitrogen and oxygen atoms in total. The first-order valence-corrected chi connectivity index (χ1v) is 6.24. The molecule has 2 N–H and O–H groups in total. The second kappa shape index (κ2) is 6.78. The summed E-state index contributed by atoms with van der Waals surface area (Å²) < 4.78 is 5.00. The number of aliphatic imine (C=N–C) groups is 1. The van der Waals surface area contributed by atoms with E-state index >= 15 is 0 Å². The van der Waals surface area contributed by atoms with Gasteiger partial charge in [0.2, 0.25) is 0 Å². The van der Waals surface area contributed by atoms with Crippen molar-refractivity contribution in [3.8, 4) is 0 Å². The molecule has 100 valence electrons. The molecule has 5 heteroatoms. The second-order valence-electron chi connectivity index (χ2n) is 4.98. The summed E-state index contributed by atoms with van der Waals surface area (Å²) in [5, 5.41) is 6.68. The van der Waals surface area contributed by atoms with Gasteiger partial charge in [0, 0.05) is 27.2 Å². The van der Waals surface area contributed by atoms with E-state index in [2.05, 4.69) is 15.6 Å². The molecule has 0 radical (unpaired) electrons. The highest BCUT2D eigenvalue weighted by atomic mass is 127. The topological polar surface area (TPSA) is 45.7 Å². The zero-order chi connectivity index (χ0) is 11.4. The maximum atomic E-state index is 5.00. The van der Waals surface area contributed by atoms with Crippen molar-refractivity contribution < 1.29 is 4.74 Å². The first-order chi connectivity index (χ1) is 7.80. The highest BCUT2D eigenvalue weighted by molar-refractivity contribution is 14.0. The lowest BCUT2D eigenvalue weighted by Gasteiger charge is -2.17. The average molecular weight is 353 g/mol. The van der Waals surface area contributed by atoms with Crippen molar-refractivity contribution in [1.29, 1.82) is 0 Å². The minimum Gasteiger partial charge on any atom is -0.383 e. The largest absolute Gasteiger partial charge is 0.383 e. The minimum absolute atomic E-state index is 0. The van der Waals surface area contributed by atoms with Crippen molar-refractivity contribution in [3.05, 3.63) is 0 Å². The third-order valence-corrected chi connectivity index (χ3v) is 3.77. The maximum Gasteiger partial charge on any atom is 0.191 e. The summed E-state index contributed by atoms with van der Waals surface area (Å²) >= 11 is 0. The lowest BCUT2D eigenvalue weighted by atomic mass is 10.0. The van der Waals surface area contributed by atoms with Crippen molar-refractivity contribution in [2.75, 3.05) is 33.9 Å². The third-order valence-electron chi connectivity index (χ3n) is 3.77. The lowest BCUT2D eigenvalue weighted by molar-refractivity contribution is 0.203. The van der Waals surface area contributed by atoms with E-state index in [9.17, 15) is 0 Å². The number of hydrogen-bond donors (Lipinski definition) is 2. The van der Waals surface area contributed by atoms with Crippen LogP contribution in [0, 0.1) is 11.3 Å². The highest BCUT2D eigenvalue weighted by Crippen LogP contribution is 2.60. The molecule has 0 heterocycles. The molecule has 2 aliphatic rings. The van der Waals surface area contributed by atoms with E-state index in [-0.39, 0.29) is 24.0 Å². The predicted molar refractivity (Wildman–Crippen MR) is 81.0 cm³/mol. The molecule has 0 aromatic rings. The number of ether oxygens (including phenoxy) is 1. The Labute approximate surface area is 121 Å². The molecule has 2 saturated carbocycles. The summed E-state index contributed by atoms with van der Waals surface area (Å²) in [4.78, 5) is 4.21. The number of guanidine groups is 1. The van der Waals surface area contributed by atoms with Gasteiger partial charge < -0.3 is 15.4 Å². The van der Waals surface area contributed by atoms with Crippen LogP contribution >= 0.6 is 24.0 Å². The van der Waals surface area contributed by atoms with Crippen LogP contribution in [0.2, 0.25) is 0 Å². The number of rotatable bonds is 6. The van der Waals surface area contributed by atoms with Crippen LogP contribution in [0.4, 0.5) is 0 Å². The number of halogens is 1. The van der Waals surface area contributed by atoms with E-state index in [0.717, 1.165) is 25.0 Å². The number of hydrogen-bond acceptors (Lipinski definition) is 2. The Morgan fingerprint density at radius 1 is 1.35 bits per heavy atom. The van der Waals surface area contributed by atoms with E-state index in [1.165, 1.54) is 25.7 Å². The van der Waals surface area contributed by atoms with Gasteiger partial charge in [0.25, 0.3) is 0 Å². The molecule has 0 spiro atoms. The zero-order valence-corrected chi connectivity index (χ0v) is 13.1. The molecule has 0 aromatic carbocycles. The molecular weight excluding hydrogens is 329 g/mol. The van der Waals surface area contributed by atoms with Crippen LogP contribution in [0.1, 0.15) is 25.7 Å². The summed E-state index contributed by atoms with van der Waals surface area (Å²) in [5.74, 6) is 1.90. The first kappa shape index (κ1) is 15.0. The van der Waals surface area contributed by atoms with Gasteiger partial charge in [-0.05, 0) is 37.0 Å². The molecule has 17 heavy (non-hydrogen) atoms. The molecule has 2 fully saturated rings. The van der Waals surface area contributed by atoms with Crippen molar-refractivity contribution in [2.24, 2.45) is 16.3 Å². The Morgan fingerprint density at radius 2 is 2.06 bits per heavy atom. The van der Waals surface area contributed by atoms with Crippen LogP contribution in [0.15, 0.2) is 4.99 Å². The van der Waals surface area contributed by atoms with Crippen LogP contribution in [0.25, 0.3) is 0 Å². The molecule has 2 aliphatic carbocycles. The number of nitrogens with one attached hydrogen (secondary N) is 2. The Bertz CT molecular complexity index is 262. The van der Waals surface area contributed by atoms with Gasteiger partial charge in [-0.25, -0.2) is 0 Å². The molecule has 0 amide bonds. The summed E-state index contributed by atoms with van der Waals surface area (Å²) in [7, 11) is 3.53. The standard InChI is InChI=1S/C12H23N3O.HI/c1-13-11(14-7-8-16-2)15-9-12(5-6-12)10-3-4-10;/h10H,3-9H2,1-2H3,(H2,13,14,15);1H. The molecule has 0 bridgehead atoms. The van der Waals surface area contributed by atoms with Gasteiger partial charge in [0.05, 0.1) is 6.61 Å². The number of methoxy groups -OCH3 is 1. The predicted octanol–water partition coefficient (Wildman–Crippen LogP) is 1.61. The van der Waals surface area contributed by atoms with Crippen LogP contribution in [-0.4, -0.2) is 39.8 Å². The fraction of sp³-hybridized carbons (Fsp3) is 0.917. The molecule has 0 aromatic heterocycles. The van der Waals surface area contributed by atoms with Crippen LogP contribution < -0.4 is 10.6 Å². The molecular formula is C12H24IN3O. The summed E-state index contributed by atoms with van der Waals surface area (Å²) in [6, 6.07) is 0. The fourth-order valence-electron chi connectivity index (χ4n) is 2.34. The van der Waals surface area contributed by atoms with E-state index in [4.69, 9.17) is 4.74 Å². The Kier molecular flexibility index (Phi) is 5.99. The fourth-order valence-corrected chi connectivity index (χ4v) is 2.34. The normalized spacial score (nSPS) is 21.6. The van der Waals surface area contributed by atoms with Gasteiger partial charge in [-0.15, -0.1) is 24.0 Å². The summed E-state index contributed by atoms with van der Waals surface area (Å²) in [6.07, 6.45) is 5.69. The highest BCUT2D eigenvalue weighted by Gasteiger charge is 2.53. The summed E-state index contributed by atoms with van der Waals surface area (Å²) in [6.45, 7) is 2.62. The van der Waals surface area contributed by atoms with Gasteiger partial charge in [0.1, 0.15) is 0 Å². The zero-order valence-electron chi connectivity index (χ0n) is 10.8. The Morgan fingerprint density at radius 3 is 2.53 bits per heavy atom. The lowest BCUT2D eigenvalue weighted by Crippen LogP contribution is -2.41. The molecule has 0 aliphatic heterocycles. The molecule has 0 saturated heterocycles. The van der Waals surface area contributed by atoms with Crippen LogP contribution in [0.3, 0.4) is 0 Å². The van der Waals surface area contributed by atoms with Crippen molar-refractivity contribution in [2.45, 2.75) is 25.7 Å². The molecule has 0 unspecified atom stereocenters. The van der Waals surface area contributed by atoms with E-state index in [0.29, 0.717) is 12.0 Å². The summed E-state index contributed by atoms with van der Waals surface area (Å²) in [5.41, 5.74) is 0.624. The second-order valence-corrected chi connectivity index (χ2v) is 4.98. The number of nitrogens with zero attached hydrogens (tertiary/aromatic N) is 1. The van der Waals surface area contributed by atoms with Gasteiger partial charge in [-0.1, -0.05) is 0 Å². The third kappa shape index (κ3) is 4.28. The first-order valence-electron chi connectivity index (χ1n) is 6.24. The smallest absolute Gasteiger partial charge is 0.191 e. The maximum absolute atomic E-state index is 5.00. The quantitative estimate of drug-likeness (QED) is 0.330. The van der Waals surface area contributed by atoms with E-state index in [1.54, 1.807) is 7.11 Å². The Hall–Kier alpha value is -0.0400. The van der Waals surface area contributed by atoms with Gasteiger partial charge in [-0.3, -0.25) is 4.99 Å². The van der Waals surface area contributed by atoms with Crippen molar-refractivity contribution >= 4 is 29.9 Å². The monoisotopic (exact) mass is 353 g/mol.